The van der Waals surface area contributed by atoms with Crippen LogP contribution >= 0.6 is 34.9 Å². The van der Waals surface area contributed by atoms with Crippen molar-refractivity contribution in [2.24, 2.45) is 5.16 Å². The van der Waals surface area contributed by atoms with Gasteiger partial charge in [-0.1, -0.05) is 224 Å². The van der Waals surface area contributed by atoms with Crippen molar-refractivity contribution in [3.63, 3.8) is 0 Å². The van der Waals surface area contributed by atoms with Crippen LogP contribution in [-0.4, -0.2) is 68.9 Å². The number of fused-ring (bicyclic) bond motifs is 1. The van der Waals surface area contributed by atoms with E-state index in [0.717, 1.165) is 38.9 Å². The zero-order valence-corrected chi connectivity index (χ0v) is 43.9. The lowest BCUT2D eigenvalue weighted by atomic mass is 9.77. The van der Waals surface area contributed by atoms with E-state index >= 15 is 0 Å². The maximum Gasteiger partial charge on any atom is 0.356 e. The molecule has 0 radical (unpaired) electrons. The summed E-state index contributed by atoms with van der Waals surface area (Å²) in [6.07, 6.45) is 0.214. The second kappa shape index (κ2) is 24.4. The Labute approximate surface area is 458 Å². The van der Waals surface area contributed by atoms with E-state index in [4.69, 9.17) is 19.3 Å². The predicted molar refractivity (Wildman–Crippen MR) is 304 cm³/mol. The third-order valence-corrected chi connectivity index (χ3v) is 16.2. The SMILES string of the molecule is C=CCSC1=C(C(=O)OC(c2ccccc2)c2ccccc2)N2C(=O)[C@@H](NC(=O)/C(=N\OCC(=O)OC(c3ccccc3)c3ccccc3)c3csc(NC(c4ccccc4)(c4ccccc4)c4ccccc4)n3)[C@@H]2SC1. The van der Waals surface area contributed by atoms with Gasteiger partial charge < -0.3 is 24.9 Å². The molecule has 1 aromatic heterocycles. The number of ether oxygens (including phenoxy) is 2. The monoisotopic (exact) mass is 1070 g/mol. The van der Waals surface area contributed by atoms with Gasteiger partial charge in [0, 0.05) is 21.8 Å². The summed E-state index contributed by atoms with van der Waals surface area (Å²) in [6, 6.07) is 66.4. The second-order valence-electron chi connectivity index (χ2n) is 17.8. The van der Waals surface area contributed by atoms with Crippen LogP contribution in [0, 0.1) is 0 Å². The first-order valence-electron chi connectivity index (χ1n) is 24.8. The van der Waals surface area contributed by atoms with Gasteiger partial charge in [-0.15, -0.1) is 41.4 Å². The first kappa shape index (κ1) is 52.0. The minimum Gasteiger partial charge on any atom is -0.450 e. The number of hydrogen-bond acceptors (Lipinski definition) is 13. The van der Waals surface area contributed by atoms with E-state index in [2.05, 4.69) is 22.4 Å². The number of thiazole rings is 1. The van der Waals surface area contributed by atoms with E-state index in [-0.39, 0.29) is 17.1 Å². The number of nitrogens with zero attached hydrogens (tertiary/aromatic N) is 3. The van der Waals surface area contributed by atoms with Crippen molar-refractivity contribution in [3.05, 3.63) is 286 Å². The number of carbonyl (C=O) groups is 4. The molecule has 1 fully saturated rings. The molecule has 2 N–H and O–H groups in total. The topological polar surface area (TPSA) is 149 Å². The highest BCUT2D eigenvalue weighted by molar-refractivity contribution is 8.06. The first-order valence-corrected chi connectivity index (χ1v) is 27.7. The van der Waals surface area contributed by atoms with Crippen LogP contribution in [0.4, 0.5) is 5.13 Å². The molecule has 1 saturated heterocycles. The molecule has 2 atom stereocenters. The van der Waals surface area contributed by atoms with Crippen LogP contribution in [0.5, 0.6) is 0 Å². The largest absolute Gasteiger partial charge is 0.450 e. The second-order valence-corrected chi connectivity index (χ2v) is 20.8. The molecule has 3 heterocycles. The molecule has 2 amide bonds. The van der Waals surface area contributed by atoms with Gasteiger partial charge in [0.05, 0.1) is 0 Å². The summed E-state index contributed by atoms with van der Waals surface area (Å²) in [6.45, 7) is 3.21. The van der Waals surface area contributed by atoms with Crippen molar-refractivity contribution in [2.75, 3.05) is 23.4 Å². The highest BCUT2D eigenvalue weighted by atomic mass is 32.2. The molecule has 2 aliphatic rings. The molecule has 2 aliphatic heterocycles. The summed E-state index contributed by atoms with van der Waals surface area (Å²) in [7, 11) is 0. The number of anilines is 1. The van der Waals surface area contributed by atoms with Crippen molar-refractivity contribution < 1.29 is 33.5 Å². The molecule has 7 aromatic carbocycles. The van der Waals surface area contributed by atoms with E-state index in [1.54, 1.807) is 11.5 Å². The Kier molecular flexibility index (Phi) is 16.5. The van der Waals surface area contributed by atoms with Gasteiger partial charge in [-0.3, -0.25) is 14.5 Å². The highest BCUT2D eigenvalue weighted by Crippen LogP contribution is 2.45. The van der Waals surface area contributed by atoms with Crippen LogP contribution in [0.25, 0.3) is 0 Å². The van der Waals surface area contributed by atoms with Crippen LogP contribution in [0.2, 0.25) is 0 Å². The van der Waals surface area contributed by atoms with Crippen molar-refractivity contribution in [2.45, 2.75) is 29.2 Å². The molecule has 0 unspecified atom stereocenters. The van der Waals surface area contributed by atoms with E-state index in [0.29, 0.717) is 21.5 Å². The van der Waals surface area contributed by atoms with Crippen LogP contribution in [0.15, 0.2) is 246 Å². The Balaban J connectivity index is 0.952. The van der Waals surface area contributed by atoms with Crippen molar-refractivity contribution in [3.8, 4) is 0 Å². The number of esters is 2. The molecule has 10 rings (SSSR count). The molecule has 8 aromatic rings. The summed E-state index contributed by atoms with van der Waals surface area (Å²) >= 11 is 4.05. The lowest BCUT2D eigenvalue weighted by molar-refractivity contribution is -0.154. The molecule has 15 heteroatoms. The highest BCUT2D eigenvalue weighted by Gasteiger charge is 2.55. The average Bonchev–Trinajstić information content (AvgIpc) is 4.05. The van der Waals surface area contributed by atoms with Gasteiger partial charge >= 0.3 is 11.9 Å². The van der Waals surface area contributed by atoms with E-state index in [9.17, 15) is 19.2 Å². The number of aromatic nitrogens is 1. The molecular formula is C62H51N5O7S3. The zero-order valence-electron chi connectivity index (χ0n) is 41.4. The van der Waals surface area contributed by atoms with Crippen LogP contribution in [-0.2, 0) is 39.0 Å². The Hall–Kier alpha value is -8.50. The van der Waals surface area contributed by atoms with Gasteiger partial charge in [0.25, 0.3) is 11.8 Å². The smallest absolute Gasteiger partial charge is 0.356 e. The van der Waals surface area contributed by atoms with Crippen molar-refractivity contribution >= 4 is 69.5 Å². The Morgan fingerprint density at radius 3 is 1.61 bits per heavy atom. The number of β-lactam (4-membered cyclic amide) rings is 1. The zero-order chi connectivity index (χ0) is 53.0. The Morgan fingerprint density at radius 2 is 1.14 bits per heavy atom. The van der Waals surface area contributed by atoms with Crippen LogP contribution < -0.4 is 10.6 Å². The molecule has 12 nitrogen and oxygen atoms in total. The fourth-order valence-corrected chi connectivity index (χ4v) is 12.4. The normalized spacial score (nSPS) is 15.3. The molecule has 0 spiro atoms. The third kappa shape index (κ3) is 11.5. The predicted octanol–water partition coefficient (Wildman–Crippen LogP) is 11.5. The maximum absolute atomic E-state index is 14.8. The summed E-state index contributed by atoms with van der Waals surface area (Å²) < 4.78 is 12.3. The molecule has 384 valence electrons. The number of nitrogens with one attached hydrogen (secondary N) is 2. The van der Waals surface area contributed by atoms with Gasteiger partial charge in [-0.25, -0.2) is 14.6 Å². The number of amides is 2. The molecule has 77 heavy (non-hydrogen) atoms. The van der Waals surface area contributed by atoms with Crippen molar-refractivity contribution in [1.29, 1.82) is 0 Å². The number of oxime groups is 1. The molecule has 0 bridgehead atoms. The summed E-state index contributed by atoms with van der Waals surface area (Å²) in [5.41, 5.74) is 4.79. The maximum atomic E-state index is 14.8. The Bertz CT molecular complexity index is 3210. The third-order valence-electron chi connectivity index (χ3n) is 12.9. The fraction of sp³-hybridized carbons (Fsp3) is 0.129. The van der Waals surface area contributed by atoms with E-state index < -0.39 is 59.5 Å². The number of hydrogen-bond donors (Lipinski definition) is 2. The van der Waals surface area contributed by atoms with Crippen LogP contribution in [0.3, 0.4) is 0 Å². The van der Waals surface area contributed by atoms with Gasteiger partial charge in [0.15, 0.2) is 23.1 Å². The van der Waals surface area contributed by atoms with E-state index in [1.165, 1.54) is 39.8 Å². The summed E-state index contributed by atoms with van der Waals surface area (Å²) in [5, 5.41) is 12.3. The van der Waals surface area contributed by atoms with Gasteiger partial charge in [0.2, 0.25) is 6.61 Å². The summed E-state index contributed by atoms with van der Waals surface area (Å²) in [4.78, 5) is 70.3. The van der Waals surface area contributed by atoms with Gasteiger partial charge in [-0.2, -0.15) is 0 Å². The minimum absolute atomic E-state index is 0.109. The minimum atomic E-state index is -1.09. The van der Waals surface area contributed by atoms with Gasteiger partial charge in [0.1, 0.15) is 28.3 Å². The lowest BCUT2D eigenvalue weighted by Crippen LogP contribution is -2.71. The fourth-order valence-electron chi connectivity index (χ4n) is 9.29. The molecular weight excluding hydrogens is 1020 g/mol. The Morgan fingerprint density at radius 1 is 0.688 bits per heavy atom. The number of rotatable bonds is 21. The standard InChI is InChI=1S/C62H51N5O7S3/c1-2-38-75-50-41-76-59-53(58(70)67(59)54(50)60(71)74-56(44-28-14-5-15-29-44)45-30-16-6-17-31-45)64-57(69)52(66-72-39-51(68)73-55(42-24-10-3-11-25-42)43-26-12-4-13-27-43)49-40-77-61(63-49)65-62(46-32-18-7-19-33-46,47-34-20-8-21-35-47)48-36-22-9-23-37-48/h2-37,40,53,55-56,59H,1,38-39,41H2,(H,63,65)(H,64,69)/b66-52-/t53-,59+/m1/s1. The quantitative estimate of drug-likeness (QED) is 0.0177. The average molecular weight is 1070 g/mol. The lowest BCUT2D eigenvalue weighted by Gasteiger charge is -2.49. The summed E-state index contributed by atoms with van der Waals surface area (Å²) in [5.74, 6) is -1.90. The van der Waals surface area contributed by atoms with E-state index in [1.807, 2.05) is 212 Å². The molecule has 0 aliphatic carbocycles. The first-order chi connectivity index (χ1) is 37.8. The molecule has 0 saturated carbocycles. The number of carbonyl (C=O) groups excluding carboxylic acids is 4. The number of benzene rings is 7. The number of thioether (sulfide) groups is 2. The van der Waals surface area contributed by atoms with Crippen molar-refractivity contribution in [1.82, 2.24) is 15.2 Å². The van der Waals surface area contributed by atoms with Gasteiger partial charge in [-0.05, 0) is 38.9 Å². The van der Waals surface area contributed by atoms with Crippen LogP contribution in [0.1, 0.15) is 56.8 Å².